The van der Waals surface area contributed by atoms with Crippen molar-refractivity contribution in [2.24, 2.45) is 0 Å². The van der Waals surface area contributed by atoms with Crippen molar-refractivity contribution in [3.8, 4) is 0 Å². The number of nitrogens with one attached hydrogen (secondary N) is 2. The third-order valence-corrected chi connectivity index (χ3v) is 6.12. The third-order valence-electron chi connectivity index (χ3n) is 5.18. The van der Waals surface area contributed by atoms with E-state index in [1.54, 1.807) is 6.07 Å². The molecule has 2 aliphatic heterocycles. The van der Waals surface area contributed by atoms with Gasteiger partial charge in [-0.1, -0.05) is 18.2 Å². The number of anilines is 1. The Balaban J connectivity index is 0.00000150. The van der Waals surface area contributed by atoms with Crippen molar-refractivity contribution in [2.45, 2.75) is 19.5 Å². The first-order valence-corrected chi connectivity index (χ1v) is 10.6. The standard InChI is InChI=1S/C21H24FN3OS.2ClH/c22-20-18-7-8-23-13-17(18)5-6-19(20)24-21(26)16-3-1-15(2-4-16)14-25-9-11-27-12-10-25;;/h1-6,23H,7-14H2,(H,24,26);2*1H. The second-order valence-corrected chi connectivity index (χ2v) is 8.26. The Bertz CT molecular complexity index is 829. The van der Waals surface area contributed by atoms with Crippen molar-refractivity contribution in [1.82, 2.24) is 10.2 Å². The Morgan fingerprint density at radius 1 is 1.10 bits per heavy atom. The Labute approximate surface area is 187 Å². The van der Waals surface area contributed by atoms with Gasteiger partial charge in [0.1, 0.15) is 5.82 Å². The molecule has 1 fully saturated rings. The quantitative estimate of drug-likeness (QED) is 0.724. The maximum atomic E-state index is 14.7. The minimum atomic E-state index is -0.304. The number of thioether (sulfide) groups is 1. The van der Waals surface area contributed by atoms with Crippen molar-refractivity contribution >= 4 is 48.2 Å². The molecule has 0 unspecified atom stereocenters. The fourth-order valence-electron chi connectivity index (χ4n) is 3.60. The number of nitrogens with zero attached hydrogens (tertiary/aromatic N) is 1. The third kappa shape index (κ3) is 5.86. The maximum Gasteiger partial charge on any atom is 0.255 e. The molecule has 0 aliphatic carbocycles. The highest BCUT2D eigenvalue weighted by Crippen LogP contribution is 2.25. The van der Waals surface area contributed by atoms with Gasteiger partial charge in [0.05, 0.1) is 5.69 Å². The molecule has 158 valence electrons. The molecule has 2 aromatic rings. The van der Waals surface area contributed by atoms with E-state index in [9.17, 15) is 9.18 Å². The van der Waals surface area contributed by atoms with E-state index in [4.69, 9.17) is 0 Å². The van der Waals surface area contributed by atoms with Crippen LogP contribution in [0.25, 0.3) is 0 Å². The molecule has 0 spiro atoms. The number of amides is 1. The molecule has 2 aliphatic rings. The number of carbonyl (C=O) groups excluding carboxylic acids is 1. The summed E-state index contributed by atoms with van der Waals surface area (Å²) in [6.45, 7) is 4.58. The van der Waals surface area contributed by atoms with Crippen molar-refractivity contribution in [2.75, 3.05) is 36.5 Å². The molecule has 2 N–H and O–H groups in total. The Morgan fingerprint density at radius 2 is 1.83 bits per heavy atom. The lowest BCUT2D eigenvalue weighted by Crippen LogP contribution is -2.31. The normalized spacial score (nSPS) is 16.2. The Hall–Kier alpha value is -1.31. The highest BCUT2D eigenvalue weighted by atomic mass is 35.5. The largest absolute Gasteiger partial charge is 0.319 e. The van der Waals surface area contributed by atoms with Gasteiger partial charge in [0.15, 0.2) is 0 Å². The molecule has 0 aromatic heterocycles. The van der Waals surface area contributed by atoms with E-state index in [-0.39, 0.29) is 42.2 Å². The summed E-state index contributed by atoms with van der Waals surface area (Å²) in [5, 5.41) is 5.96. The van der Waals surface area contributed by atoms with E-state index in [1.807, 2.05) is 42.1 Å². The zero-order valence-electron chi connectivity index (χ0n) is 16.1. The van der Waals surface area contributed by atoms with Crippen molar-refractivity contribution in [3.05, 3.63) is 64.5 Å². The van der Waals surface area contributed by atoms with Gasteiger partial charge in [-0.2, -0.15) is 11.8 Å². The second-order valence-electron chi connectivity index (χ2n) is 7.03. The number of fused-ring (bicyclic) bond motifs is 1. The molecule has 0 saturated carbocycles. The van der Waals surface area contributed by atoms with Gasteiger partial charge in [-0.3, -0.25) is 9.69 Å². The minimum Gasteiger partial charge on any atom is -0.319 e. The van der Waals surface area contributed by atoms with Crippen LogP contribution in [0.5, 0.6) is 0 Å². The predicted octanol–water partition coefficient (Wildman–Crippen LogP) is 4.12. The zero-order chi connectivity index (χ0) is 18.6. The average Bonchev–Trinajstić information content (AvgIpc) is 2.71. The molecule has 2 aromatic carbocycles. The lowest BCUT2D eigenvalue weighted by molar-refractivity contribution is 0.102. The number of halogens is 3. The molecule has 8 heteroatoms. The Kier molecular flexibility index (Phi) is 9.24. The van der Waals surface area contributed by atoms with E-state index in [0.717, 1.165) is 31.7 Å². The maximum absolute atomic E-state index is 14.7. The predicted molar refractivity (Wildman–Crippen MR) is 123 cm³/mol. The fourth-order valence-corrected chi connectivity index (χ4v) is 4.58. The summed E-state index contributed by atoms with van der Waals surface area (Å²) in [6, 6.07) is 11.2. The van der Waals surface area contributed by atoms with Crippen LogP contribution in [0.3, 0.4) is 0 Å². The van der Waals surface area contributed by atoms with Gasteiger partial charge in [0.25, 0.3) is 5.91 Å². The monoisotopic (exact) mass is 457 g/mol. The van der Waals surface area contributed by atoms with Crippen LogP contribution in [0.1, 0.15) is 27.0 Å². The molecular weight excluding hydrogens is 432 g/mol. The Morgan fingerprint density at radius 3 is 2.55 bits per heavy atom. The molecule has 1 saturated heterocycles. The van der Waals surface area contributed by atoms with Crippen LogP contribution in [0.2, 0.25) is 0 Å². The van der Waals surface area contributed by atoms with E-state index in [1.165, 1.54) is 17.1 Å². The number of carbonyl (C=O) groups is 1. The van der Waals surface area contributed by atoms with Crippen LogP contribution in [-0.2, 0) is 19.5 Å². The summed E-state index contributed by atoms with van der Waals surface area (Å²) in [5.41, 5.74) is 3.69. The lowest BCUT2D eigenvalue weighted by Gasteiger charge is -2.26. The number of hydrogen-bond donors (Lipinski definition) is 2. The van der Waals surface area contributed by atoms with Gasteiger partial charge in [0, 0.05) is 43.2 Å². The smallest absolute Gasteiger partial charge is 0.255 e. The lowest BCUT2D eigenvalue weighted by atomic mass is 9.99. The number of hydrogen-bond acceptors (Lipinski definition) is 4. The fraction of sp³-hybridized carbons (Fsp3) is 0.381. The highest BCUT2D eigenvalue weighted by molar-refractivity contribution is 7.99. The van der Waals surface area contributed by atoms with Gasteiger partial charge in [-0.05, 0) is 47.9 Å². The first-order valence-electron chi connectivity index (χ1n) is 9.42. The molecule has 1 amide bonds. The molecule has 0 atom stereocenters. The van der Waals surface area contributed by atoms with Gasteiger partial charge >= 0.3 is 0 Å². The van der Waals surface area contributed by atoms with Crippen LogP contribution < -0.4 is 10.6 Å². The molecule has 0 radical (unpaired) electrons. The molecule has 4 nitrogen and oxygen atoms in total. The van der Waals surface area contributed by atoms with Crippen molar-refractivity contribution in [1.29, 1.82) is 0 Å². The summed E-state index contributed by atoms with van der Waals surface area (Å²) >= 11 is 2.00. The second kappa shape index (κ2) is 11.2. The summed E-state index contributed by atoms with van der Waals surface area (Å²) in [4.78, 5) is 15.0. The van der Waals surface area contributed by atoms with E-state index in [0.29, 0.717) is 24.1 Å². The molecule has 0 bridgehead atoms. The van der Waals surface area contributed by atoms with E-state index in [2.05, 4.69) is 15.5 Å². The van der Waals surface area contributed by atoms with Gasteiger partial charge in [-0.15, -0.1) is 24.8 Å². The number of rotatable bonds is 4. The van der Waals surface area contributed by atoms with Gasteiger partial charge < -0.3 is 10.6 Å². The highest BCUT2D eigenvalue weighted by Gasteiger charge is 2.18. The molecule has 29 heavy (non-hydrogen) atoms. The summed E-state index contributed by atoms with van der Waals surface area (Å²) < 4.78 is 14.7. The number of benzene rings is 2. The van der Waals surface area contributed by atoms with Crippen LogP contribution >= 0.6 is 36.6 Å². The van der Waals surface area contributed by atoms with Crippen LogP contribution in [0.4, 0.5) is 10.1 Å². The molecular formula is C21H26Cl2FN3OS. The molecule has 4 rings (SSSR count). The SMILES string of the molecule is Cl.Cl.O=C(Nc1ccc2c(c1F)CCNC2)c1ccc(CN2CCSCC2)cc1. The van der Waals surface area contributed by atoms with Crippen LogP contribution in [0, 0.1) is 5.82 Å². The first kappa shape index (κ1) is 24.0. The van der Waals surface area contributed by atoms with E-state index < -0.39 is 0 Å². The topological polar surface area (TPSA) is 44.4 Å². The average molecular weight is 458 g/mol. The van der Waals surface area contributed by atoms with Gasteiger partial charge in [-0.25, -0.2) is 4.39 Å². The van der Waals surface area contributed by atoms with Gasteiger partial charge in [0.2, 0.25) is 0 Å². The van der Waals surface area contributed by atoms with Crippen molar-refractivity contribution < 1.29 is 9.18 Å². The summed E-state index contributed by atoms with van der Waals surface area (Å²) in [7, 11) is 0. The minimum absolute atomic E-state index is 0. The molecule has 2 heterocycles. The van der Waals surface area contributed by atoms with E-state index >= 15 is 0 Å². The van der Waals surface area contributed by atoms with Crippen molar-refractivity contribution in [3.63, 3.8) is 0 Å². The zero-order valence-corrected chi connectivity index (χ0v) is 18.5. The van der Waals surface area contributed by atoms with Crippen LogP contribution in [0.15, 0.2) is 36.4 Å². The van der Waals surface area contributed by atoms with Crippen LogP contribution in [-0.4, -0.2) is 41.9 Å². The first-order chi connectivity index (χ1) is 13.2. The summed E-state index contributed by atoms with van der Waals surface area (Å²) in [6.07, 6.45) is 0.647. The summed E-state index contributed by atoms with van der Waals surface area (Å²) in [5.74, 6) is 1.79.